The van der Waals surface area contributed by atoms with Crippen LogP contribution in [0, 0.1) is 10.1 Å². The number of carbonyl (C=O) groups excluding carboxylic acids is 1. The van der Waals surface area contributed by atoms with Gasteiger partial charge in [-0.05, 0) is 39.7 Å². The van der Waals surface area contributed by atoms with Crippen LogP contribution in [-0.2, 0) is 6.61 Å². The van der Waals surface area contributed by atoms with Crippen molar-refractivity contribution in [3.05, 3.63) is 68.2 Å². The Morgan fingerprint density at radius 1 is 1.24 bits per heavy atom. The summed E-state index contributed by atoms with van der Waals surface area (Å²) in [5, 5.41) is 10.7. The molecule has 6 nitrogen and oxygen atoms in total. The first-order chi connectivity index (χ1) is 9.97. The Bertz CT molecular complexity index is 686. The van der Waals surface area contributed by atoms with E-state index in [1.807, 2.05) is 0 Å². The topological polar surface area (TPSA) is 95.5 Å². The predicted molar refractivity (Wildman–Crippen MR) is 80.1 cm³/mol. The Kier molecular flexibility index (Phi) is 4.54. The molecule has 108 valence electrons. The SMILES string of the molecule is NC(=O)c1ccc(COc2cc([N+](=O)[O-])ccc2Br)cc1. The number of benzene rings is 2. The molecule has 0 aliphatic carbocycles. The molecule has 0 saturated heterocycles. The van der Waals surface area contributed by atoms with Crippen molar-refractivity contribution in [1.82, 2.24) is 0 Å². The smallest absolute Gasteiger partial charge is 0.273 e. The van der Waals surface area contributed by atoms with Gasteiger partial charge in [0.25, 0.3) is 5.69 Å². The van der Waals surface area contributed by atoms with Crippen molar-refractivity contribution < 1.29 is 14.5 Å². The molecular weight excluding hydrogens is 340 g/mol. The summed E-state index contributed by atoms with van der Waals surface area (Å²) >= 11 is 3.28. The van der Waals surface area contributed by atoms with Gasteiger partial charge in [-0.25, -0.2) is 0 Å². The van der Waals surface area contributed by atoms with E-state index in [0.29, 0.717) is 15.8 Å². The van der Waals surface area contributed by atoms with Gasteiger partial charge in [-0.3, -0.25) is 14.9 Å². The number of nitro groups is 1. The number of rotatable bonds is 5. The number of hydrogen-bond acceptors (Lipinski definition) is 4. The summed E-state index contributed by atoms with van der Waals surface area (Å²) in [6.45, 7) is 0.221. The highest BCUT2D eigenvalue weighted by atomic mass is 79.9. The minimum Gasteiger partial charge on any atom is -0.487 e. The number of amides is 1. The molecule has 2 N–H and O–H groups in total. The van der Waals surface area contributed by atoms with E-state index >= 15 is 0 Å². The van der Waals surface area contributed by atoms with Crippen LogP contribution in [0.25, 0.3) is 0 Å². The third kappa shape index (κ3) is 3.79. The highest BCUT2D eigenvalue weighted by Crippen LogP contribution is 2.29. The largest absolute Gasteiger partial charge is 0.487 e. The fourth-order valence-electron chi connectivity index (χ4n) is 1.64. The molecule has 21 heavy (non-hydrogen) atoms. The van der Waals surface area contributed by atoms with Gasteiger partial charge in [0.2, 0.25) is 5.91 Å². The third-order valence-electron chi connectivity index (χ3n) is 2.76. The van der Waals surface area contributed by atoms with E-state index in [9.17, 15) is 14.9 Å². The van der Waals surface area contributed by atoms with E-state index in [-0.39, 0.29) is 12.3 Å². The zero-order valence-electron chi connectivity index (χ0n) is 10.8. The summed E-state index contributed by atoms with van der Waals surface area (Å²) in [5.74, 6) is -0.118. The van der Waals surface area contributed by atoms with Crippen LogP contribution in [0.15, 0.2) is 46.9 Å². The van der Waals surface area contributed by atoms with Crippen molar-refractivity contribution in [2.75, 3.05) is 0 Å². The second-order valence-electron chi connectivity index (χ2n) is 4.22. The van der Waals surface area contributed by atoms with Gasteiger partial charge in [-0.15, -0.1) is 0 Å². The number of nitrogens with zero attached hydrogens (tertiary/aromatic N) is 1. The van der Waals surface area contributed by atoms with Gasteiger partial charge in [0.05, 0.1) is 15.5 Å². The van der Waals surface area contributed by atoms with Gasteiger partial charge in [-0.2, -0.15) is 0 Å². The molecule has 2 rings (SSSR count). The molecule has 0 bridgehead atoms. The lowest BCUT2D eigenvalue weighted by atomic mass is 10.1. The van der Waals surface area contributed by atoms with Crippen LogP contribution in [0.1, 0.15) is 15.9 Å². The molecule has 0 heterocycles. The Balaban J connectivity index is 2.10. The molecule has 2 aromatic rings. The molecule has 0 aromatic heterocycles. The lowest BCUT2D eigenvalue weighted by molar-refractivity contribution is -0.385. The third-order valence-corrected chi connectivity index (χ3v) is 3.41. The minimum absolute atomic E-state index is 0.0442. The van der Waals surface area contributed by atoms with Crippen LogP contribution in [0.5, 0.6) is 5.75 Å². The number of nitrogens with two attached hydrogens (primary N) is 1. The Hall–Kier alpha value is -2.41. The number of nitro benzene ring substituents is 1. The van der Waals surface area contributed by atoms with Crippen molar-refractivity contribution in [3.63, 3.8) is 0 Å². The minimum atomic E-state index is -0.496. The molecule has 0 spiro atoms. The Labute approximate surface area is 128 Å². The quantitative estimate of drug-likeness (QED) is 0.662. The van der Waals surface area contributed by atoms with Crippen LogP contribution in [-0.4, -0.2) is 10.8 Å². The first kappa shape index (κ1) is 15.0. The van der Waals surface area contributed by atoms with E-state index in [2.05, 4.69) is 15.9 Å². The van der Waals surface area contributed by atoms with Crippen molar-refractivity contribution in [1.29, 1.82) is 0 Å². The monoisotopic (exact) mass is 350 g/mol. The van der Waals surface area contributed by atoms with Gasteiger partial charge in [0, 0.05) is 11.6 Å². The van der Waals surface area contributed by atoms with E-state index in [1.54, 1.807) is 30.3 Å². The Morgan fingerprint density at radius 3 is 2.48 bits per heavy atom. The maximum absolute atomic E-state index is 11.0. The number of non-ortho nitro benzene ring substituents is 1. The normalized spacial score (nSPS) is 10.1. The summed E-state index contributed by atoms with van der Waals surface area (Å²) in [5.41, 5.74) is 6.34. The summed E-state index contributed by atoms with van der Waals surface area (Å²) in [6, 6.07) is 10.9. The summed E-state index contributed by atoms with van der Waals surface area (Å²) in [4.78, 5) is 21.2. The fourth-order valence-corrected chi connectivity index (χ4v) is 2.00. The van der Waals surface area contributed by atoms with Gasteiger partial charge < -0.3 is 10.5 Å². The zero-order valence-corrected chi connectivity index (χ0v) is 12.4. The number of halogens is 1. The molecule has 0 radical (unpaired) electrons. The number of primary amides is 1. The lowest BCUT2D eigenvalue weighted by Gasteiger charge is -2.08. The van der Waals surface area contributed by atoms with Gasteiger partial charge in [0.1, 0.15) is 12.4 Å². The van der Waals surface area contributed by atoms with Crippen molar-refractivity contribution in [3.8, 4) is 5.75 Å². The Morgan fingerprint density at radius 2 is 1.90 bits per heavy atom. The van der Waals surface area contributed by atoms with Gasteiger partial charge in [-0.1, -0.05) is 12.1 Å². The highest BCUT2D eigenvalue weighted by Gasteiger charge is 2.10. The lowest BCUT2D eigenvalue weighted by Crippen LogP contribution is -2.10. The molecule has 0 aliphatic rings. The second kappa shape index (κ2) is 6.36. The molecule has 0 saturated carbocycles. The highest BCUT2D eigenvalue weighted by molar-refractivity contribution is 9.10. The van der Waals surface area contributed by atoms with Crippen LogP contribution in [0.2, 0.25) is 0 Å². The molecular formula is C14H11BrN2O4. The molecule has 0 atom stereocenters. The molecule has 0 aliphatic heterocycles. The van der Waals surface area contributed by atoms with Crippen LogP contribution in [0.4, 0.5) is 5.69 Å². The summed E-state index contributed by atoms with van der Waals surface area (Å²) < 4.78 is 6.17. The molecule has 0 unspecified atom stereocenters. The van der Waals surface area contributed by atoms with E-state index < -0.39 is 10.8 Å². The number of carbonyl (C=O) groups is 1. The first-order valence-electron chi connectivity index (χ1n) is 5.93. The molecule has 7 heteroatoms. The maximum atomic E-state index is 11.0. The number of hydrogen-bond donors (Lipinski definition) is 1. The van der Waals surface area contributed by atoms with E-state index in [4.69, 9.17) is 10.5 Å². The van der Waals surface area contributed by atoms with Crippen molar-refractivity contribution in [2.24, 2.45) is 5.73 Å². The maximum Gasteiger partial charge on any atom is 0.273 e. The molecule has 0 fully saturated rings. The van der Waals surface area contributed by atoms with Crippen molar-refractivity contribution in [2.45, 2.75) is 6.61 Å². The molecule has 1 amide bonds. The predicted octanol–water partition coefficient (Wildman–Crippen LogP) is 3.04. The van der Waals surface area contributed by atoms with Gasteiger partial charge in [0.15, 0.2) is 0 Å². The van der Waals surface area contributed by atoms with E-state index in [0.717, 1.165) is 5.56 Å². The first-order valence-corrected chi connectivity index (χ1v) is 6.72. The second-order valence-corrected chi connectivity index (χ2v) is 5.08. The average Bonchev–Trinajstić information content (AvgIpc) is 2.46. The van der Waals surface area contributed by atoms with Crippen LogP contribution in [0.3, 0.4) is 0 Å². The fraction of sp³-hybridized carbons (Fsp3) is 0.0714. The zero-order chi connectivity index (χ0) is 15.4. The summed E-state index contributed by atoms with van der Waals surface area (Å²) in [7, 11) is 0. The number of ether oxygens (including phenoxy) is 1. The summed E-state index contributed by atoms with van der Waals surface area (Å²) in [6.07, 6.45) is 0. The van der Waals surface area contributed by atoms with E-state index in [1.165, 1.54) is 12.1 Å². The standard InChI is InChI=1S/C14H11BrN2O4/c15-12-6-5-11(17(19)20)7-13(12)21-8-9-1-3-10(4-2-9)14(16)18/h1-7H,8H2,(H2,16,18). The van der Waals surface area contributed by atoms with Crippen molar-refractivity contribution >= 4 is 27.5 Å². The average molecular weight is 351 g/mol. The molecule has 2 aromatic carbocycles. The van der Waals surface area contributed by atoms with Crippen LogP contribution < -0.4 is 10.5 Å². The van der Waals surface area contributed by atoms with Crippen LogP contribution >= 0.6 is 15.9 Å². The van der Waals surface area contributed by atoms with Gasteiger partial charge >= 0.3 is 0 Å².